The number of aliphatic hydroxyl groups is 1. The maximum atomic E-state index is 11.7. The highest BCUT2D eigenvalue weighted by atomic mass is 16.5. The van der Waals surface area contributed by atoms with Crippen LogP contribution in [0.25, 0.3) is 22.0 Å². The zero-order chi connectivity index (χ0) is 35.0. The molecule has 0 aliphatic heterocycles. The maximum absolute atomic E-state index is 11.7. The molecule has 6 aromatic rings. The number of aromatic amines is 1. The summed E-state index contributed by atoms with van der Waals surface area (Å²) in [6, 6.07) is 35.1. The Morgan fingerprint density at radius 3 is 2.32 bits per heavy atom. The van der Waals surface area contributed by atoms with Gasteiger partial charge in [-0.15, -0.1) is 0 Å². The number of phenolic OH excluding ortho intramolecular Hbond substituents is 1. The summed E-state index contributed by atoms with van der Waals surface area (Å²) in [5.41, 5.74) is 9.16. The highest BCUT2D eigenvalue weighted by Crippen LogP contribution is 2.36. The Balaban J connectivity index is 1.06. The van der Waals surface area contributed by atoms with Crippen molar-refractivity contribution in [2.45, 2.75) is 26.0 Å². The van der Waals surface area contributed by atoms with Crippen molar-refractivity contribution in [3.63, 3.8) is 0 Å². The first kappa shape index (κ1) is 34.1. The van der Waals surface area contributed by atoms with Gasteiger partial charge in [-0.3, -0.25) is 4.79 Å². The Bertz CT molecular complexity index is 2130. The van der Waals surface area contributed by atoms with E-state index in [1.54, 1.807) is 26.4 Å². The van der Waals surface area contributed by atoms with Crippen molar-refractivity contribution in [1.29, 1.82) is 0 Å². The Morgan fingerprint density at radius 1 is 0.800 bits per heavy atom. The van der Waals surface area contributed by atoms with Gasteiger partial charge in [0.2, 0.25) is 5.56 Å². The molecule has 1 atom stereocenters. The first-order valence-electron chi connectivity index (χ1n) is 16.6. The van der Waals surface area contributed by atoms with E-state index in [4.69, 9.17) is 9.47 Å². The molecule has 6 N–H and O–H groups in total. The molecule has 50 heavy (non-hydrogen) atoms. The van der Waals surface area contributed by atoms with E-state index in [0.717, 1.165) is 57.2 Å². The lowest BCUT2D eigenvalue weighted by atomic mass is 10.0. The number of pyridine rings is 1. The second kappa shape index (κ2) is 15.6. The standard InChI is InChI=1S/C41H42N4O5/c1-26-4-9-29(22-36(26)43-24-28-7-13-32(49-2)14-8-28)35-23-31(12-18-39(35)50-3)44-30-10-5-27(6-11-30)20-21-42-25-38(47)33-15-17-37(46)41-34(33)16-19-40(48)45-41/h4-19,22-23,38,42-44,46-47H,20-21,24-25H2,1-3H3,(H,45,48)/t38-/m0/s1. The van der Waals surface area contributed by atoms with Crippen molar-refractivity contribution in [1.82, 2.24) is 10.3 Å². The molecule has 256 valence electrons. The smallest absolute Gasteiger partial charge is 0.248 e. The van der Waals surface area contributed by atoms with Crippen LogP contribution in [0.1, 0.15) is 28.4 Å². The van der Waals surface area contributed by atoms with Crippen LogP contribution in [-0.2, 0) is 13.0 Å². The molecule has 0 spiro atoms. The first-order chi connectivity index (χ1) is 24.3. The molecule has 5 aromatic carbocycles. The minimum Gasteiger partial charge on any atom is -0.506 e. The summed E-state index contributed by atoms with van der Waals surface area (Å²) in [6.45, 7) is 3.80. The summed E-state index contributed by atoms with van der Waals surface area (Å²) in [7, 11) is 3.36. The van der Waals surface area contributed by atoms with Gasteiger partial charge < -0.3 is 40.6 Å². The summed E-state index contributed by atoms with van der Waals surface area (Å²) in [5, 5.41) is 32.0. The van der Waals surface area contributed by atoms with Crippen molar-refractivity contribution < 1.29 is 19.7 Å². The average Bonchev–Trinajstić information content (AvgIpc) is 3.14. The van der Waals surface area contributed by atoms with E-state index >= 15 is 0 Å². The number of anilines is 3. The molecule has 0 unspecified atom stereocenters. The number of H-pyrrole nitrogens is 1. The fourth-order valence-corrected chi connectivity index (χ4v) is 5.98. The predicted molar refractivity (Wildman–Crippen MR) is 201 cm³/mol. The summed E-state index contributed by atoms with van der Waals surface area (Å²) >= 11 is 0. The second-order valence-corrected chi connectivity index (χ2v) is 12.2. The quantitative estimate of drug-likeness (QED) is 0.0660. The van der Waals surface area contributed by atoms with E-state index in [-0.39, 0.29) is 11.3 Å². The fraction of sp³-hybridized carbons (Fsp3) is 0.195. The van der Waals surface area contributed by atoms with Crippen LogP contribution in [0.15, 0.2) is 114 Å². The topological polar surface area (TPSA) is 128 Å². The number of methoxy groups -OCH3 is 2. The molecule has 0 radical (unpaired) electrons. The zero-order valence-corrected chi connectivity index (χ0v) is 28.4. The third-order valence-corrected chi connectivity index (χ3v) is 8.83. The number of phenols is 1. The molecule has 1 aromatic heterocycles. The molecular formula is C41H42N4O5. The molecule has 0 amide bonds. The van der Waals surface area contributed by atoms with Crippen LogP contribution in [0.5, 0.6) is 17.2 Å². The van der Waals surface area contributed by atoms with Crippen LogP contribution < -0.4 is 31.0 Å². The van der Waals surface area contributed by atoms with E-state index in [1.807, 2.05) is 24.3 Å². The summed E-state index contributed by atoms with van der Waals surface area (Å²) in [4.78, 5) is 14.3. The number of fused-ring (bicyclic) bond motifs is 1. The van der Waals surface area contributed by atoms with Gasteiger partial charge in [-0.2, -0.15) is 0 Å². The van der Waals surface area contributed by atoms with Gasteiger partial charge in [0.1, 0.15) is 17.2 Å². The van der Waals surface area contributed by atoms with Crippen molar-refractivity contribution >= 4 is 28.0 Å². The van der Waals surface area contributed by atoms with Crippen LogP contribution >= 0.6 is 0 Å². The lowest BCUT2D eigenvalue weighted by Gasteiger charge is -2.16. The number of aromatic hydroxyl groups is 1. The Labute approximate surface area is 291 Å². The van der Waals surface area contributed by atoms with Crippen LogP contribution in [0.2, 0.25) is 0 Å². The normalized spacial score (nSPS) is 11.7. The van der Waals surface area contributed by atoms with E-state index in [1.165, 1.54) is 17.7 Å². The Morgan fingerprint density at radius 2 is 1.56 bits per heavy atom. The van der Waals surface area contributed by atoms with Crippen LogP contribution in [0.3, 0.4) is 0 Å². The number of aryl methyl sites for hydroxylation is 1. The number of aromatic nitrogens is 1. The Hall–Kier alpha value is -5.77. The predicted octanol–water partition coefficient (Wildman–Crippen LogP) is 7.45. The molecule has 0 bridgehead atoms. The molecule has 0 saturated carbocycles. The number of nitrogens with one attached hydrogen (secondary N) is 4. The molecule has 0 saturated heterocycles. The molecule has 0 aliphatic carbocycles. The number of aliphatic hydroxyl groups excluding tert-OH is 1. The lowest BCUT2D eigenvalue weighted by Crippen LogP contribution is -2.24. The first-order valence-corrected chi connectivity index (χ1v) is 16.6. The van der Waals surface area contributed by atoms with Crippen molar-refractivity contribution in [3.05, 3.63) is 142 Å². The van der Waals surface area contributed by atoms with Gasteiger partial charge in [0, 0.05) is 47.2 Å². The van der Waals surface area contributed by atoms with Gasteiger partial charge >= 0.3 is 0 Å². The van der Waals surface area contributed by atoms with Gasteiger partial charge in [-0.05, 0) is 108 Å². The molecule has 0 fully saturated rings. The van der Waals surface area contributed by atoms with Crippen molar-refractivity contribution in [3.8, 4) is 28.4 Å². The van der Waals surface area contributed by atoms with E-state index in [2.05, 4.69) is 88.5 Å². The third kappa shape index (κ3) is 8.08. The number of hydrogen-bond acceptors (Lipinski definition) is 8. The van der Waals surface area contributed by atoms with Crippen LogP contribution in [0.4, 0.5) is 17.1 Å². The van der Waals surface area contributed by atoms with E-state index in [0.29, 0.717) is 36.1 Å². The van der Waals surface area contributed by atoms with Crippen molar-refractivity contribution in [2.75, 3.05) is 37.9 Å². The van der Waals surface area contributed by atoms with E-state index in [9.17, 15) is 15.0 Å². The van der Waals surface area contributed by atoms with Crippen LogP contribution in [0, 0.1) is 6.92 Å². The second-order valence-electron chi connectivity index (χ2n) is 12.2. The zero-order valence-electron chi connectivity index (χ0n) is 28.4. The van der Waals surface area contributed by atoms with E-state index < -0.39 is 6.10 Å². The molecular weight excluding hydrogens is 628 g/mol. The van der Waals surface area contributed by atoms with Gasteiger partial charge in [0.15, 0.2) is 0 Å². The van der Waals surface area contributed by atoms with Gasteiger partial charge in [0.25, 0.3) is 0 Å². The number of ether oxygens (including phenoxy) is 2. The number of benzene rings is 5. The summed E-state index contributed by atoms with van der Waals surface area (Å²) < 4.78 is 11.0. The van der Waals surface area contributed by atoms with Crippen LogP contribution in [-0.4, -0.2) is 42.5 Å². The van der Waals surface area contributed by atoms with Gasteiger partial charge in [0.05, 0.1) is 25.8 Å². The number of rotatable bonds is 14. The fourth-order valence-electron chi connectivity index (χ4n) is 5.98. The minimum absolute atomic E-state index is 0.0260. The van der Waals surface area contributed by atoms with Gasteiger partial charge in [-0.1, -0.05) is 42.5 Å². The minimum atomic E-state index is -0.799. The molecule has 0 aliphatic rings. The molecule has 9 heteroatoms. The molecule has 1 heterocycles. The Kier molecular flexibility index (Phi) is 10.7. The third-order valence-electron chi connectivity index (χ3n) is 8.83. The highest BCUT2D eigenvalue weighted by Gasteiger charge is 2.14. The SMILES string of the molecule is COc1ccc(CNc2cc(-c3cc(Nc4ccc(CCNC[C@H](O)c5ccc(O)c6[nH]c(=O)ccc56)cc4)ccc3OC)ccc2C)cc1. The molecule has 6 rings (SSSR count). The number of hydrogen-bond donors (Lipinski definition) is 6. The monoisotopic (exact) mass is 670 g/mol. The maximum Gasteiger partial charge on any atom is 0.248 e. The molecule has 9 nitrogen and oxygen atoms in total. The highest BCUT2D eigenvalue weighted by molar-refractivity contribution is 5.87. The largest absolute Gasteiger partial charge is 0.506 e. The van der Waals surface area contributed by atoms with Crippen molar-refractivity contribution in [2.24, 2.45) is 0 Å². The summed E-state index contributed by atoms with van der Waals surface area (Å²) in [5.74, 6) is 1.61. The lowest BCUT2D eigenvalue weighted by molar-refractivity contribution is 0.176. The average molecular weight is 671 g/mol. The van der Waals surface area contributed by atoms with Gasteiger partial charge in [-0.25, -0.2) is 0 Å². The summed E-state index contributed by atoms with van der Waals surface area (Å²) in [6.07, 6.45) is -0.0157.